The Kier molecular flexibility index (Phi) is 4.71. The Morgan fingerprint density at radius 1 is 1.33 bits per heavy atom. The Morgan fingerprint density at radius 2 is 2.00 bits per heavy atom. The van der Waals surface area contributed by atoms with Gasteiger partial charge < -0.3 is 10.2 Å². The van der Waals surface area contributed by atoms with Gasteiger partial charge in [0.15, 0.2) is 6.04 Å². The Bertz CT molecular complexity index is 718. The number of carbonyl (C=O) groups excluding carboxylic acids is 1. The normalized spacial score (nSPS) is 16.7. The molecule has 24 heavy (non-hydrogen) atoms. The zero-order chi connectivity index (χ0) is 17.3. The van der Waals surface area contributed by atoms with Gasteiger partial charge in [-0.3, -0.25) is 4.79 Å². The van der Waals surface area contributed by atoms with Gasteiger partial charge in [-0.05, 0) is 45.7 Å². The Balaban J connectivity index is 1.75. The number of hydrogen-bond donors (Lipinski definition) is 2. The minimum atomic E-state index is -0.0653. The lowest BCUT2D eigenvalue weighted by Crippen LogP contribution is -3.12. The third-order valence-corrected chi connectivity index (χ3v) is 4.95. The molecule has 1 heterocycles. The van der Waals surface area contributed by atoms with Crippen LogP contribution in [0.25, 0.3) is 5.69 Å². The number of nitrogens with one attached hydrogen (secondary N) is 2. The molecule has 1 fully saturated rings. The highest BCUT2D eigenvalue weighted by Gasteiger charge is 2.30. The van der Waals surface area contributed by atoms with E-state index in [4.69, 9.17) is 5.10 Å². The summed E-state index contributed by atoms with van der Waals surface area (Å²) in [6.45, 7) is 6.94. The average molecular weight is 327 g/mol. The molecule has 3 rings (SSSR count). The zero-order valence-corrected chi connectivity index (χ0v) is 15.0. The number of benzene rings is 1. The van der Waals surface area contributed by atoms with Crippen molar-refractivity contribution in [2.24, 2.45) is 0 Å². The van der Waals surface area contributed by atoms with Crippen LogP contribution in [0.3, 0.4) is 0 Å². The number of hydrogen-bond acceptors (Lipinski definition) is 2. The Morgan fingerprint density at radius 3 is 2.62 bits per heavy atom. The summed E-state index contributed by atoms with van der Waals surface area (Å²) >= 11 is 0. The number of para-hydroxylation sites is 1. The highest BCUT2D eigenvalue weighted by Crippen LogP contribution is 2.19. The summed E-state index contributed by atoms with van der Waals surface area (Å²) < 4.78 is 1.99. The Labute approximate surface area is 143 Å². The number of carbonyl (C=O) groups is 1. The second kappa shape index (κ2) is 6.77. The predicted molar refractivity (Wildman–Crippen MR) is 94.3 cm³/mol. The summed E-state index contributed by atoms with van der Waals surface area (Å²) in [5, 5.41) is 7.80. The third kappa shape index (κ3) is 3.51. The molecule has 1 amide bonds. The summed E-state index contributed by atoms with van der Waals surface area (Å²) in [6, 6.07) is 10.5. The lowest BCUT2D eigenvalue weighted by Gasteiger charge is -2.21. The molecular weight excluding hydrogens is 300 g/mol. The average Bonchev–Trinajstić information content (AvgIpc) is 3.35. The van der Waals surface area contributed by atoms with Crippen molar-refractivity contribution in [3.05, 3.63) is 47.3 Å². The minimum absolute atomic E-state index is 0.0653. The van der Waals surface area contributed by atoms with E-state index < -0.39 is 0 Å². The molecule has 1 unspecified atom stereocenters. The lowest BCUT2D eigenvalue weighted by atomic mass is 10.1. The summed E-state index contributed by atoms with van der Waals surface area (Å²) in [5.74, 6) is 0.153. The molecule has 1 aliphatic rings. The van der Waals surface area contributed by atoms with E-state index in [2.05, 4.69) is 31.4 Å². The van der Waals surface area contributed by atoms with Crippen LogP contribution in [0.1, 0.15) is 36.7 Å². The molecule has 1 aromatic carbocycles. The van der Waals surface area contributed by atoms with Crippen LogP contribution < -0.4 is 10.2 Å². The number of quaternary nitrogens is 1. The predicted octanol–water partition coefficient (Wildman–Crippen LogP) is 1.17. The van der Waals surface area contributed by atoms with Crippen molar-refractivity contribution < 1.29 is 9.69 Å². The van der Waals surface area contributed by atoms with E-state index in [1.807, 2.05) is 36.7 Å². The van der Waals surface area contributed by atoms with E-state index >= 15 is 0 Å². The highest BCUT2D eigenvalue weighted by atomic mass is 16.2. The molecule has 2 atom stereocenters. The lowest BCUT2D eigenvalue weighted by molar-refractivity contribution is -0.908. The van der Waals surface area contributed by atoms with Crippen LogP contribution in [0.5, 0.6) is 0 Å². The SMILES string of the molecule is Cc1nn(-c2ccccc2)c(C)c1C[NH+](C)[C@@H](C)C(=O)NC1CC1. The highest BCUT2D eigenvalue weighted by molar-refractivity contribution is 5.80. The first-order valence-electron chi connectivity index (χ1n) is 8.70. The number of amides is 1. The van der Waals surface area contributed by atoms with E-state index in [0.717, 1.165) is 36.5 Å². The van der Waals surface area contributed by atoms with Crippen molar-refractivity contribution in [2.45, 2.75) is 52.2 Å². The summed E-state index contributed by atoms with van der Waals surface area (Å²) in [7, 11) is 2.08. The molecule has 5 heteroatoms. The minimum Gasteiger partial charge on any atom is -0.348 e. The third-order valence-electron chi connectivity index (χ3n) is 4.95. The molecule has 0 bridgehead atoms. The second-order valence-electron chi connectivity index (χ2n) is 6.92. The number of aryl methyl sites for hydroxylation is 1. The smallest absolute Gasteiger partial charge is 0.278 e. The van der Waals surface area contributed by atoms with E-state index in [9.17, 15) is 4.79 Å². The van der Waals surface area contributed by atoms with Crippen molar-refractivity contribution in [1.29, 1.82) is 0 Å². The van der Waals surface area contributed by atoms with Crippen molar-refractivity contribution >= 4 is 5.91 Å². The number of rotatable bonds is 6. The maximum absolute atomic E-state index is 12.3. The van der Waals surface area contributed by atoms with Crippen molar-refractivity contribution in [3.63, 3.8) is 0 Å². The van der Waals surface area contributed by atoms with E-state index in [-0.39, 0.29) is 11.9 Å². The van der Waals surface area contributed by atoms with Crippen molar-refractivity contribution in [1.82, 2.24) is 15.1 Å². The van der Waals surface area contributed by atoms with Gasteiger partial charge in [0, 0.05) is 6.04 Å². The van der Waals surface area contributed by atoms with Crippen LogP contribution in [0.2, 0.25) is 0 Å². The van der Waals surface area contributed by atoms with Gasteiger partial charge in [-0.15, -0.1) is 0 Å². The van der Waals surface area contributed by atoms with Crippen LogP contribution in [0.15, 0.2) is 30.3 Å². The van der Waals surface area contributed by atoms with Gasteiger partial charge in [0.1, 0.15) is 6.54 Å². The molecule has 0 spiro atoms. The molecule has 0 saturated heterocycles. The maximum Gasteiger partial charge on any atom is 0.278 e. The van der Waals surface area contributed by atoms with Crippen LogP contribution in [0, 0.1) is 13.8 Å². The fourth-order valence-electron chi connectivity index (χ4n) is 2.96. The van der Waals surface area contributed by atoms with E-state index in [1.165, 1.54) is 10.5 Å². The molecule has 5 nitrogen and oxygen atoms in total. The molecule has 128 valence electrons. The molecule has 1 aromatic heterocycles. The van der Waals surface area contributed by atoms with E-state index in [0.29, 0.717) is 6.04 Å². The maximum atomic E-state index is 12.3. The topological polar surface area (TPSA) is 51.4 Å². The summed E-state index contributed by atoms with van der Waals surface area (Å²) in [5.41, 5.74) is 4.47. The molecule has 1 saturated carbocycles. The number of likely N-dealkylation sites (N-methyl/N-ethyl adjacent to an activating group) is 1. The molecule has 0 aliphatic heterocycles. The first-order valence-corrected chi connectivity index (χ1v) is 8.70. The zero-order valence-electron chi connectivity index (χ0n) is 15.0. The van der Waals surface area contributed by atoms with Crippen LogP contribution >= 0.6 is 0 Å². The van der Waals surface area contributed by atoms with Gasteiger partial charge in [0.2, 0.25) is 0 Å². The van der Waals surface area contributed by atoms with Gasteiger partial charge in [0.05, 0.1) is 29.7 Å². The quantitative estimate of drug-likeness (QED) is 0.837. The van der Waals surface area contributed by atoms with Gasteiger partial charge in [-0.2, -0.15) is 5.10 Å². The summed E-state index contributed by atoms with van der Waals surface area (Å²) in [4.78, 5) is 13.5. The van der Waals surface area contributed by atoms with Crippen molar-refractivity contribution in [3.8, 4) is 5.69 Å². The van der Waals surface area contributed by atoms with Crippen molar-refractivity contribution in [2.75, 3.05) is 7.05 Å². The molecule has 2 N–H and O–H groups in total. The fraction of sp³-hybridized carbons (Fsp3) is 0.474. The van der Waals surface area contributed by atoms with Gasteiger partial charge in [-0.25, -0.2) is 4.68 Å². The van der Waals surface area contributed by atoms with Crippen LogP contribution in [0.4, 0.5) is 0 Å². The first kappa shape index (κ1) is 16.7. The molecule has 0 radical (unpaired) electrons. The van der Waals surface area contributed by atoms with Crippen LogP contribution in [-0.2, 0) is 11.3 Å². The standard InChI is InChI=1S/C19H26N4O/c1-13-18(12-22(4)15(3)19(24)20-16-10-11-16)14(2)23(21-13)17-8-6-5-7-9-17/h5-9,15-16H,10-12H2,1-4H3,(H,20,24)/p+1/t15-/m0/s1. The number of aromatic nitrogens is 2. The first-order chi connectivity index (χ1) is 11.5. The van der Waals surface area contributed by atoms with Gasteiger partial charge >= 0.3 is 0 Å². The van der Waals surface area contributed by atoms with Crippen LogP contribution in [-0.4, -0.2) is 34.8 Å². The monoisotopic (exact) mass is 327 g/mol. The Hall–Kier alpha value is -2.14. The largest absolute Gasteiger partial charge is 0.348 e. The van der Waals surface area contributed by atoms with Gasteiger partial charge in [0.25, 0.3) is 5.91 Å². The fourth-order valence-corrected chi connectivity index (χ4v) is 2.96. The second-order valence-corrected chi connectivity index (χ2v) is 6.92. The number of nitrogens with zero attached hydrogens (tertiary/aromatic N) is 2. The van der Waals surface area contributed by atoms with E-state index in [1.54, 1.807) is 0 Å². The molecule has 2 aromatic rings. The molecular formula is C19H27N4O+. The summed E-state index contributed by atoms with van der Waals surface area (Å²) in [6.07, 6.45) is 2.25. The van der Waals surface area contributed by atoms with Gasteiger partial charge in [-0.1, -0.05) is 18.2 Å². The molecule has 1 aliphatic carbocycles.